The Morgan fingerprint density at radius 3 is 2.30 bits per heavy atom. The van der Waals surface area contributed by atoms with E-state index in [0.29, 0.717) is 11.1 Å². The maximum Gasteiger partial charge on any atom is 0.252 e. The zero-order chi connectivity index (χ0) is 14.5. The first-order valence-electron chi connectivity index (χ1n) is 6.13. The maximum absolute atomic E-state index is 12.8. The fourth-order valence-corrected chi connectivity index (χ4v) is 1.76. The summed E-state index contributed by atoms with van der Waals surface area (Å²) in [5, 5.41) is 11.7. The minimum absolute atomic E-state index is 0.333. The minimum atomic E-state index is -0.801. The van der Waals surface area contributed by atoms with Crippen LogP contribution in [0.15, 0.2) is 48.5 Å². The average Bonchev–Trinajstić information content (AvgIpc) is 2.46. The first-order chi connectivity index (χ1) is 9.60. The highest BCUT2D eigenvalue weighted by Crippen LogP contribution is 2.14. The molecule has 0 aromatic heterocycles. The van der Waals surface area contributed by atoms with Crippen molar-refractivity contribution in [3.8, 4) is 6.07 Å². The maximum atomic E-state index is 12.8. The molecule has 0 fully saturated rings. The van der Waals surface area contributed by atoms with Crippen molar-refractivity contribution in [3.05, 3.63) is 71.0 Å². The highest BCUT2D eigenvalue weighted by Gasteiger charge is 2.14. The molecule has 0 saturated carbocycles. The summed E-state index contributed by atoms with van der Waals surface area (Å²) in [6, 6.07) is 13.7. The van der Waals surface area contributed by atoms with Crippen LogP contribution in [-0.4, -0.2) is 5.91 Å². The van der Waals surface area contributed by atoms with Gasteiger partial charge in [0.05, 0.1) is 6.07 Å². The third-order valence-corrected chi connectivity index (χ3v) is 2.92. The molecule has 0 unspecified atom stereocenters. The average molecular weight is 268 g/mol. The molecule has 0 radical (unpaired) electrons. The number of rotatable bonds is 3. The highest BCUT2D eigenvalue weighted by molar-refractivity contribution is 5.94. The smallest absolute Gasteiger partial charge is 0.252 e. The second-order valence-corrected chi connectivity index (χ2v) is 4.45. The molecule has 0 aliphatic carbocycles. The quantitative estimate of drug-likeness (QED) is 0.929. The number of halogens is 1. The number of hydrogen-bond donors (Lipinski definition) is 1. The largest absolute Gasteiger partial charge is 0.333 e. The molecule has 100 valence electrons. The van der Waals surface area contributed by atoms with Gasteiger partial charge in [-0.1, -0.05) is 29.8 Å². The summed E-state index contributed by atoms with van der Waals surface area (Å²) in [5.74, 6) is -0.712. The van der Waals surface area contributed by atoms with E-state index in [2.05, 4.69) is 5.32 Å². The highest BCUT2D eigenvalue weighted by atomic mass is 19.1. The van der Waals surface area contributed by atoms with Gasteiger partial charge in [-0.3, -0.25) is 4.79 Å². The number of aryl methyl sites for hydroxylation is 1. The topological polar surface area (TPSA) is 52.9 Å². The lowest BCUT2D eigenvalue weighted by atomic mass is 10.1. The van der Waals surface area contributed by atoms with Crippen molar-refractivity contribution in [3.63, 3.8) is 0 Å². The molecule has 4 heteroatoms. The zero-order valence-corrected chi connectivity index (χ0v) is 10.9. The summed E-state index contributed by atoms with van der Waals surface area (Å²) >= 11 is 0. The third-order valence-electron chi connectivity index (χ3n) is 2.92. The molecule has 1 amide bonds. The molecule has 2 rings (SSSR count). The lowest BCUT2D eigenvalue weighted by Gasteiger charge is -2.12. The Morgan fingerprint density at radius 1 is 1.15 bits per heavy atom. The molecule has 0 bridgehead atoms. The lowest BCUT2D eigenvalue weighted by molar-refractivity contribution is 0.0945. The number of nitriles is 1. The number of amides is 1. The van der Waals surface area contributed by atoms with E-state index in [4.69, 9.17) is 5.26 Å². The molecule has 0 saturated heterocycles. The van der Waals surface area contributed by atoms with Crippen molar-refractivity contribution in [2.24, 2.45) is 0 Å². The molecule has 0 aliphatic heterocycles. The predicted molar refractivity (Wildman–Crippen MR) is 73.4 cm³/mol. The Hall–Kier alpha value is -2.67. The number of carbonyl (C=O) groups is 1. The Morgan fingerprint density at radius 2 is 1.75 bits per heavy atom. The van der Waals surface area contributed by atoms with E-state index in [0.717, 1.165) is 5.56 Å². The number of benzene rings is 2. The summed E-state index contributed by atoms with van der Waals surface area (Å²) in [7, 11) is 0. The SMILES string of the molecule is Cc1ccc(C(=O)N[C@H](C#N)c2ccc(F)cc2)cc1. The fraction of sp³-hybridized carbons (Fsp3) is 0.125. The van der Waals surface area contributed by atoms with Crippen LogP contribution in [0.5, 0.6) is 0 Å². The van der Waals surface area contributed by atoms with Gasteiger partial charge in [-0.05, 0) is 36.8 Å². The van der Waals surface area contributed by atoms with E-state index in [1.807, 2.05) is 25.1 Å². The molecular formula is C16H13FN2O. The van der Waals surface area contributed by atoms with E-state index in [9.17, 15) is 9.18 Å². The molecule has 0 spiro atoms. The number of nitrogens with zero attached hydrogens (tertiary/aromatic N) is 1. The lowest BCUT2D eigenvalue weighted by Crippen LogP contribution is -2.27. The summed E-state index contributed by atoms with van der Waals surface area (Å²) in [4.78, 5) is 12.0. The van der Waals surface area contributed by atoms with Gasteiger partial charge in [0, 0.05) is 5.56 Å². The van der Waals surface area contributed by atoms with E-state index in [1.54, 1.807) is 12.1 Å². The monoisotopic (exact) mass is 268 g/mol. The Kier molecular flexibility index (Phi) is 4.11. The van der Waals surface area contributed by atoms with Gasteiger partial charge in [-0.2, -0.15) is 5.26 Å². The number of hydrogen-bond acceptors (Lipinski definition) is 2. The van der Waals surface area contributed by atoms with Crippen LogP contribution in [-0.2, 0) is 0 Å². The number of carbonyl (C=O) groups excluding carboxylic acids is 1. The van der Waals surface area contributed by atoms with Gasteiger partial charge >= 0.3 is 0 Å². The van der Waals surface area contributed by atoms with Crippen molar-refractivity contribution >= 4 is 5.91 Å². The molecule has 0 heterocycles. The van der Waals surface area contributed by atoms with Crippen LogP contribution < -0.4 is 5.32 Å². The Bertz CT molecular complexity index is 642. The van der Waals surface area contributed by atoms with Crippen molar-refractivity contribution in [1.82, 2.24) is 5.32 Å². The van der Waals surface area contributed by atoms with Crippen LogP contribution >= 0.6 is 0 Å². The van der Waals surface area contributed by atoms with Crippen molar-refractivity contribution < 1.29 is 9.18 Å². The molecule has 3 nitrogen and oxygen atoms in total. The van der Waals surface area contributed by atoms with Gasteiger partial charge < -0.3 is 5.32 Å². The Labute approximate surface area is 116 Å². The third kappa shape index (κ3) is 3.21. The van der Waals surface area contributed by atoms with Gasteiger partial charge in [-0.25, -0.2) is 4.39 Å². The van der Waals surface area contributed by atoms with Gasteiger partial charge in [-0.15, -0.1) is 0 Å². The molecule has 2 aromatic rings. The molecule has 20 heavy (non-hydrogen) atoms. The van der Waals surface area contributed by atoms with E-state index in [-0.39, 0.29) is 11.7 Å². The summed E-state index contributed by atoms with van der Waals surface area (Å²) < 4.78 is 12.8. The van der Waals surface area contributed by atoms with Crippen molar-refractivity contribution in [2.75, 3.05) is 0 Å². The molecule has 0 aliphatic rings. The number of nitrogens with one attached hydrogen (secondary N) is 1. The molecular weight excluding hydrogens is 255 g/mol. The Balaban J connectivity index is 2.14. The predicted octanol–water partition coefficient (Wildman–Crippen LogP) is 3.13. The van der Waals surface area contributed by atoms with Crippen LogP contribution in [0.4, 0.5) is 4.39 Å². The summed E-state index contributed by atoms with van der Waals surface area (Å²) in [6.45, 7) is 1.93. The first kappa shape index (κ1) is 13.8. The van der Waals surface area contributed by atoms with E-state index in [1.165, 1.54) is 24.3 Å². The first-order valence-corrected chi connectivity index (χ1v) is 6.13. The van der Waals surface area contributed by atoms with Crippen molar-refractivity contribution in [1.29, 1.82) is 5.26 Å². The van der Waals surface area contributed by atoms with Gasteiger partial charge in [0.2, 0.25) is 0 Å². The molecule has 1 N–H and O–H groups in total. The van der Waals surface area contributed by atoms with Crippen LogP contribution in [0.1, 0.15) is 27.5 Å². The second-order valence-electron chi connectivity index (χ2n) is 4.45. The van der Waals surface area contributed by atoms with Crippen molar-refractivity contribution in [2.45, 2.75) is 13.0 Å². The molecule has 1 atom stereocenters. The minimum Gasteiger partial charge on any atom is -0.333 e. The van der Waals surface area contributed by atoms with Crippen LogP contribution in [0.3, 0.4) is 0 Å². The summed E-state index contributed by atoms with van der Waals surface area (Å²) in [5.41, 5.74) is 2.09. The normalized spacial score (nSPS) is 11.4. The van der Waals surface area contributed by atoms with Crippen LogP contribution in [0.2, 0.25) is 0 Å². The van der Waals surface area contributed by atoms with Gasteiger partial charge in [0.15, 0.2) is 0 Å². The summed E-state index contributed by atoms with van der Waals surface area (Å²) in [6.07, 6.45) is 0. The zero-order valence-electron chi connectivity index (χ0n) is 10.9. The second kappa shape index (κ2) is 5.98. The van der Waals surface area contributed by atoms with Crippen LogP contribution in [0.25, 0.3) is 0 Å². The van der Waals surface area contributed by atoms with Gasteiger partial charge in [0.25, 0.3) is 5.91 Å². The molecule has 2 aromatic carbocycles. The van der Waals surface area contributed by atoms with E-state index < -0.39 is 6.04 Å². The van der Waals surface area contributed by atoms with Crippen LogP contribution in [0, 0.1) is 24.1 Å². The fourth-order valence-electron chi connectivity index (χ4n) is 1.76. The van der Waals surface area contributed by atoms with E-state index >= 15 is 0 Å². The standard InChI is InChI=1S/C16H13FN2O/c1-11-2-4-13(5-3-11)16(20)19-15(10-18)12-6-8-14(17)9-7-12/h2-9,15H,1H3,(H,19,20)/t15-/m1/s1. The van der Waals surface area contributed by atoms with Gasteiger partial charge in [0.1, 0.15) is 11.9 Å².